The number of aliphatic imine (C=N–C) groups is 1. The molecule has 0 radical (unpaired) electrons. The summed E-state index contributed by atoms with van der Waals surface area (Å²) in [6, 6.07) is 3.03. The molecule has 1 aliphatic heterocycles. The summed E-state index contributed by atoms with van der Waals surface area (Å²) in [6.45, 7) is -0.166. The van der Waals surface area contributed by atoms with E-state index in [1.54, 1.807) is 0 Å². The molecule has 4 N–H and O–H groups in total. The van der Waals surface area contributed by atoms with E-state index in [0.717, 1.165) is 18.2 Å². The van der Waals surface area contributed by atoms with Gasteiger partial charge in [0.25, 0.3) is 6.43 Å². The van der Waals surface area contributed by atoms with Gasteiger partial charge in [0, 0.05) is 17.5 Å². The Morgan fingerprint density at radius 3 is 2.76 bits per heavy atom. The standard InChI is InChI=1S/C13H14F3N3O2/c14-9-2-1-7(11(18)20)5-8(9)13(12(15)16)3-4-21-6-10(17)19-13/h1-2,5,12H,3-4,6H2,(H2,17,19)(H2,18,20). The molecule has 0 aromatic heterocycles. The summed E-state index contributed by atoms with van der Waals surface area (Å²) >= 11 is 0. The largest absolute Gasteiger partial charge is 0.385 e. The molecule has 2 rings (SSSR count). The molecule has 8 heteroatoms. The molecule has 1 amide bonds. The van der Waals surface area contributed by atoms with Crippen molar-refractivity contribution in [3.05, 3.63) is 35.1 Å². The van der Waals surface area contributed by atoms with Gasteiger partial charge in [-0.2, -0.15) is 0 Å². The second-order valence-corrected chi connectivity index (χ2v) is 4.69. The van der Waals surface area contributed by atoms with Crippen LogP contribution in [-0.4, -0.2) is 31.4 Å². The van der Waals surface area contributed by atoms with Crippen molar-refractivity contribution in [2.24, 2.45) is 16.5 Å². The van der Waals surface area contributed by atoms with Gasteiger partial charge in [0.05, 0.1) is 6.61 Å². The number of primary amides is 1. The molecular formula is C13H14F3N3O2. The van der Waals surface area contributed by atoms with Crippen LogP contribution in [0.15, 0.2) is 23.2 Å². The predicted molar refractivity (Wildman–Crippen MR) is 69.7 cm³/mol. The van der Waals surface area contributed by atoms with Gasteiger partial charge < -0.3 is 16.2 Å². The molecule has 0 saturated carbocycles. The van der Waals surface area contributed by atoms with Crippen LogP contribution in [0.3, 0.4) is 0 Å². The molecule has 0 fully saturated rings. The molecule has 0 bridgehead atoms. The molecular weight excluding hydrogens is 287 g/mol. The number of amidine groups is 1. The highest BCUT2D eigenvalue weighted by Gasteiger charge is 2.45. The molecule has 0 saturated heterocycles. The average molecular weight is 301 g/mol. The number of nitrogens with two attached hydrogens (primary N) is 2. The Bertz CT molecular complexity index is 592. The van der Waals surface area contributed by atoms with E-state index in [4.69, 9.17) is 16.2 Å². The van der Waals surface area contributed by atoms with Crippen molar-refractivity contribution < 1.29 is 22.7 Å². The van der Waals surface area contributed by atoms with Gasteiger partial charge in [0.1, 0.15) is 18.3 Å². The monoisotopic (exact) mass is 301 g/mol. The van der Waals surface area contributed by atoms with E-state index in [2.05, 4.69) is 4.99 Å². The molecule has 1 aromatic rings. The van der Waals surface area contributed by atoms with Crippen molar-refractivity contribution in [1.82, 2.24) is 0 Å². The van der Waals surface area contributed by atoms with Gasteiger partial charge in [0.15, 0.2) is 5.54 Å². The van der Waals surface area contributed by atoms with Gasteiger partial charge in [0.2, 0.25) is 5.91 Å². The van der Waals surface area contributed by atoms with Crippen molar-refractivity contribution in [1.29, 1.82) is 0 Å². The molecule has 1 unspecified atom stereocenters. The Balaban J connectivity index is 2.65. The summed E-state index contributed by atoms with van der Waals surface area (Å²) in [6.07, 6.45) is -3.28. The zero-order valence-corrected chi connectivity index (χ0v) is 11.0. The summed E-state index contributed by atoms with van der Waals surface area (Å²) < 4.78 is 46.3. The second-order valence-electron chi connectivity index (χ2n) is 4.69. The molecule has 1 aromatic carbocycles. The minimum Gasteiger partial charge on any atom is -0.385 e. The van der Waals surface area contributed by atoms with E-state index < -0.39 is 29.3 Å². The van der Waals surface area contributed by atoms with Gasteiger partial charge in [-0.1, -0.05) is 0 Å². The number of benzene rings is 1. The number of halogens is 3. The van der Waals surface area contributed by atoms with E-state index in [-0.39, 0.29) is 31.0 Å². The fourth-order valence-corrected chi connectivity index (χ4v) is 2.23. The summed E-state index contributed by atoms with van der Waals surface area (Å²) in [5.74, 6) is -1.90. The number of carbonyl (C=O) groups is 1. The minimum absolute atomic E-state index is 0.0607. The summed E-state index contributed by atoms with van der Waals surface area (Å²) in [5.41, 5.74) is 7.94. The lowest BCUT2D eigenvalue weighted by Crippen LogP contribution is -2.36. The Kier molecular flexibility index (Phi) is 4.17. The number of alkyl halides is 2. The number of hydrogen-bond acceptors (Lipinski definition) is 4. The van der Waals surface area contributed by atoms with Gasteiger partial charge in [-0.3, -0.25) is 9.79 Å². The maximum absolute atomic E-state index is 14.0. The Hall–Kier alpha value is -2.09. The van der Waals surface area contributed by atoms with Crippen LogP contribution < -0.4 is 11.5 Å². The first-order chi connectivity index (χ1) is 9.86. The van der Waals surface area contributed by atoms with E-state index in [0.29, 0.717) is 0 Å². The van der Waals surface area contributed by atoms with E-state index >= 15 is 0 Å². The first kappa shape index (κ1) is 15.3. The van der Waals surface area contributed by atoms with E-state index in [1.807, 2.05) is 0 Å². The number of amides is 1. The number of carbonyl (C=O) groups excluding carboxylic acids is 1. The van der Waals surface area contributed by atoms with Crippen LogP contribution >= 0.6 is 0 Å². The number of hydrogen-bond donors (Lipinski definition) is 2. The van der Waals surface area contributed by atoms with Crippen LogP contribution in [0.25, 0.3) is 0 Å². The zero-order chi connectivity index (χ0) is 15.6. The van der Waals surface area contributed by atoms with Crippen molar-refractivity contribution in [3.8, 4) is 0 Å². The van der Waals surface area contributed by atoms with Crippen molar-refractivity contribution >= 4 is 11.7 Å². The van der Waals surface area contributed by atoms with Crippen LogP contribution in [0.4, 0.5) is 13.2 Å². The summed E-state index contributed by atoms with van der Waals surface area (Å²) in [5, 5.41) is 0. The zero-order valence-electron chi connectivity index (χ0n) is 11.0. The lowest BCUT2D eigenvalue weighted by molar-refractivity contribution is 0.0330. The Labute approximate surface area is 118 Å². The average Bonchev–Trinajstić information content (AvgIpc) is 2.61. The van der Waals surface area contributed by atoms with Crippen LogP contribution in [0, 0.1) is 5.82 Å². The highest BCUT2D eigenvalue weighted by atomic mass is 19.3. The Morgan fingerprint density at radius 2 is 2.14 bits per heavy atom. The molecule has 0 aliphatic carbocycles. The van der Waals surface area contributed by atoms with Gasteiger partial charge in [-0.15, -0.1) is 0 Å². The fraction of sp³-hybridized carbons (Fsp3) is 0.385. The molecule has 1 aliphatic rings. The van der Waals surface area contributed by atoms with Crippen LogP contribution in [-0.2, 0) is 10.3 Å². The first-order valence-electron chi connectivity index (χ1n) is 6.17. The van der Waals surface area contributed by atoms with Crippen molar-refractivity contribution in [2.75, 3.05) is 13.2 Å². The van der Waals surface area contributed by atoms with Gasteiger partial charge >= 0.3 is 0 Å². The summed E-state index contributed by atoms with van der Waals surface area (Å²) in [7, 11) is 0. The van der Waals surface area contributed by atoms with E-state index in [9.17, 15) is 18.0 Å². The molecule has 21 heavy (non-hydrogen) atoms. The smallest absolute Gasteiger partial charge is 0.267 e. The highest BCUT2D eigenvalue weighted by molar-refractivity contribution is 5.93. The molecule has 1 atom stereocenters. The van der Waals surface area contributed by atoms with E-state index in [1.165, 1.54) is 0 Å². The number of nitrogens with zero attached hydrogens (tertiary/aromatic N) is 1. The van der Waals surface area contributed by atoms with Gasteiger partial charge in [-0.25, -0.2) is 13.2 Å². The predicted octanol–water partition coefficient (Wildman–Crippen LogP) is 1.16. The molecule has 5 nitrogen and oxygen atoms in total. The third kappa shape index (κ3) is 2.85. The second kappa shape index (κ2) is 5.72. The number of ether oxygens (including phenoxy) is 1. The highest BCUT2D eigenvalue weighted by Crippen LogP contribution is 2.39. The Morgan fingerprint density at radius 1 is 1.43 bits per heavy atom. The molecule has 1 heterocycles. The third-order valence-corrected chi connectivity index (χ3v) is 3.30. The van der Waals surface area contributed by atoms with Crippen LogP contribution in [0.5, 0.6) is 0 Å². The third-order valence-electron chi connectivity index (χ3n) is 3.30. The van der Waals surface area contributed by atoms with Crippen molar-refractivity contribution in [3.63, 3.8) is 0 Å². The van der Waals surface area contributed by atoms with Crippen LogP contribution in [0.1, 0.15) is 22.3 Å². The normalized spacial score (nSPS) is 22.8. The summed E-state index contributed by atoms with van der Waals surface area (Å²) in [4.78, 5) is 14.9. The molecule has 0 spiro atoms. The lowest BCUT2D eigenvalue weighted by atomic mass is 9.86. The minimum atomic E-state index is -3.02. The fourth-order valence-electron chi connectivity index (χ4n) is 2.23. The van der Waals surface area contributed by atoms with Crippen LogP contribution in [0.2, 0.25) is 0 Å². The van der Waals surface area contributed by atoms with Gasteiger partial charge in [-0.05, 0) is 18.2 Å². The SMILES string of the molecule is NC(=O)c1ccc(F)c(C2(C(F)F)CCOCC(N)=N2)c1. The maximum atomic E-state index is 14.0. The number of rotatable bonds is 3. The quantitative estimate of drug-likeness (QED) is 0.877. The maximum Gasteiger partial charge on any atom is 0.267 e. The molecule has 114 valence electrons. The first-order valence-corrected chi connectivity index (χ1v) is 6.17. The topological polar surface area (TPSA) is 90.7 Å². The lowest BCUT2D eigenvalue weighted by Gasteiger charge is -2.29. The van der Waals surface area contributed by atoms with Crippen molar-refractivity contribution in [2.45, 2.75) is 18.4 Å².